The van der Waals surface area contributed by atoms with E-state index < -0.39 is 10.0 Å². The Morgan fingerprint density at radius 1 is 1.39 bits per heavy atom. The van der Waals surface area contributed by atoms with Gasteiger partial charge in [-0.3, -0.25) is 0 Å². The van der Waals surface area contributed by atoms with Crippen molar-refractivity contribution in [1.82, 2.24) is 9.71 Å². The maximum atomic E-state index is 12.0. The minimum absolute atomic E-state index is 0.0339. The summed E-state index contributed by atoms with van der Waals surface area (Å²) in [7, 11) is -3.53. The average molecular weight is 271 g/mol. The van der Waals surface area contributed by atoms with Crippen molar-refractivity contribution in [2.24, 2.45) is 11.1 Å². The molecule has 0 spiro atoms. The Labute approximate surface area is 109 Å². The van der Waals surface area contributed by atoms with Crippen LogP contribution >= 0.6 is 0 Å². The topological polar surface area (TPSA) is 85.1 Å². The van der Waals surface area contributed by atoms with Gasteiger partial charge in [-0.1, -0.05) is 26.8 Å². The van der Waals surface area contributed by atoms with Crippen molar-refractivity contribution < 1.29 is 8.42 Å². The van der Waals surface area contributed by atoms with Crippen LogP contribution in [-0.2, 0) is 16.6 Å². The lowest BCUT2D eigenvalue weighted by Crippen LogP contribution is -2.34. The van der Waals surface area contributed by atoms with E-state index in [-0.39, 0.29) is 10.4 Å². The average Bonchev–Trinajstić information content (AvgIpc) is 2.37. The monoisotopic (exact) mass is 271 g/mol. The SMILES string of the molecule is CCC(C)(C)CNS(=O)(=O)c1ccc(CN)cn1. The molecule has 0 aliphatic carbocycles. The van der Waals surface area contributed by atoms with E-state index in [4.69, 9.17) is 5.73 Å². The Bertz CT molecular complexity index is 481. The molecule has 0 amide bonds. The molecule has 5 nitrogen and oxygen atoms in total. The highest BCUT2D eigenvalue weighted by atomic mass is 32.2. The molecule has 0 saturated carbocycles. The van der Waals surface area contributed by atoms with Crippen molar-refractivity contribution in [3.8, 4) is 0 Å². The quantitative estimate of drug-likeness (QED) is 0.815. The highest BCUT2D eigenvalue weighted by Crippen LogP contribution is 2.19. The molecule has 1 heterocycles. The van der Waals surface area contributed by atoms with E-state index in [0.717, 1.165) is 12.0 Å². The Morgan fingerprint density at radius 3 is 2.50 bits per heavy atom. The lowest BCUT2D eigenvalue weighted by Gasteiger charge is -2.22. The second-order valence-electron chi connectivity index (χ2n) is 5.05. The van der Waals surface area contributed by atoms with E-state index >= 15 is 0 Å². The van der Waals surface area contributed by atoms with E-state index in [0.29, 0.717) is 13.1 Å². The van der Waals surface area contributed by atoms with E-state index in [1.807, 2.05) is 20.8 Å². The minimum Gasteiger partial charge on any atom is -0.326 e. The number of nitrogens with two attached hydrogens (primary N) is 1. The van der Waals surface area contributed by atoms with Gasteiger partial charge in [-0.15, -0.1) is 0 Å². The molecule has 6 heteroatoms. The number of sulfonamides is 1. The van der Waals surface area contributed by atoms with Crippen molar-refractivity contribution in [3.05, 3.63) is 23.9 Å². The van der Waals surface area contributed by atoms with Crippen LogP contribution in [0.15, 0.2) is 23.4 Å². The van der Waals surface area contributed by atoms with Crippen molar-refractivity contribution in [2.75, 3.05) is 6.54 Å². The van der Waals surface area contributed by atoms with Crippen LogP contribution in [0.25, 0.3) is 0 Å². The fourth-order valence-corrected chi connectivity index (χ4v) is 2.35. The normalized spacial score (nSPS) is 12.7. The van der Waals surface area contributed by atoms with Crippen LogP contribution in [-0.4, -0.2) is 19.9 Å². The van der Waals surface area contributed by atoms with Crippen LogP contribution in [0.2, 0.25) is 0 Å². The minimum atomic E-state index is -3.53. The molecule has 0 atom stereocenters. The summed E-state index contributed by atoms with van der Waals surface area (Å²) in [6.07, 6.45) is 2.38. The molecule has 1 aromatic rings. The van der Waals surface area contributed by atoms with E-state index in [1.165, 1.54) is 12.3 Å². The second-order valence-corrected chi connectivity index (χ2v) is 6.76. The summed E-state index contributed by atoms with van der Waals surface area (Å²) in [4.78, 5) is 3.92. The molecule has 1 rings (SSSR count). The predicted octanol–water partition coefficient (Wildman–Crippen LogP) is 1.25. The maximum absolute atomic E-state index is 12.0. The van der Waals surface area contributed by atoms with Crippen LogP contribution in [0, 0.1) is 5.41 Å². The van der Waals surface area contributed by atoms with Gasteiger partial charge in [-0.25, -0.2) is 18.1 Å². The fraction of sp³-hybridized carbons (Fsp3) is 0.583. The van der Waals surface area contributed by atoms with Gasteiger partial charge in [-0.2, -0.15) is 0 Å². The zero-order valence-electron chi connectivity index (χ0n) is 11.1. The highest BCUT2D eigenvalue weighted by Gasteiger charge is 2.21. The van der Waals surface area contributed by atoms with Gasteiger partial charge in [0.1, 0.15) is 0 Å². The number of hydrogen-bond donors (Lipinski definition) is 2. The van der Waals surface area contributed by atoms with Crippen LogP contribution in [0.1, 0.15) is 32.8 Å². The van der Waals surface area contributed by atoms with Crippen molar-refractivity contribution in [1.29, 1.82) is 0 Å². The number of rotatable bonds is 6. The maximum Gasteiger partial charge on any atom is 0.258 e. The highest BCUT2D eigenvalue weighted by molar-refractivity contribution is 7.89. The van der Waals surface area contributed by atoms with Crippen LogP contribution in [0.5, 0.6) is 0 Å². The first-order valence-corrected chi connectivity index (χ1v) is 7.44. The molecule has 0 unspecified atom stereocenters. The first-order valence-electron chi connectivity index (χ1n) is 5.95. The standard InChI is InChI=1S/C12H21N3O2S/c1-4-12(2,3)9-15-18(16,17)11-6-5-10(7-13)8-14-11/h5-6,8,15H,4,7,9,13H2,1-3H3. The van der Waals surface area contributed by atoms with Crippen LogP contribution in [0.3, 0.4) is 0 Å². The van der Waals surface area contributed by atoms with Crippen molar-refractivity contribution in [3.63, 3.8) is 0 Å². The number of nitrogens with zero attached hydrogens (tertiary/aromatic N) is 1. The lowest BCUT2D eigenvalue weighted by molar-refractivity contribution is 0.350. The molecule has 0 fully saturated rings. The molecule has 18 heavy (non-hydrogen) atoms. The molecular formula is C12H21N3O2S. The van der Waals surface area contributed by atoms with Gasteiger partial charge in [-0.05, 0) is 23.5 Å². The van der Waals surface area contributed by atoms with Crippen molar-refractivity contribution in [2.45, 2.75) is 38.8 Å². The zero-order chi connectivity index (χ0) is 13.8. The van der Waals surface area contributed by atoms with Gasteiger partial charge in [0.25, 0.3) is 10.0 Å². The van der Waals surface area contributed by atoms with E-state index in [9.17, 15) is 8.42 Å². The first-order chi connectivity index (χ1) is 8.30. The molecule has 0 radical (unpaired) electrons. The summed E-state index contributed by atoms with van der Waals surface area (Å²) in [6, 6.07) is 3.15. The van der Waals surface area contributed by atoms with Gasteiger partial charge in [0.2, 0.25) is 0 Å². The summed E-state index contributed by atoms with van der Waals surface area (Å²) in [5, 5.41) is 0.0339. The molecule has 0 bridgehead atoms. The molecule has 0 aliphatic rings. The van der Waals surface area contributed by atoms with Gasteiger partial charge in [0, 0.05) is 19.3 Å². The van der Waals surface area contributed by atoms with Gasteiger partial charge in [0.05, 0.1) is 0 Å². The molecule has 0 aliphatic heterocycles. The smallest absolute Gasteiger partial charge is 0.258 e. The summed E-state index contributed by atoms with van der Waals surface area (Å²) in [5.74, 6) is 0. The summed E-state index contributed by atoms with van der Waals surface area (Å²) < 4.78 is 26.6. The van der Waals surface area contributed by atoms with E-state index in [2.05, 4.69) is 9.71 Å². The van der Waals surface area contributed by atoms with Crippen LogP contribution < -0.4 is 10.5 Å². The summed E-state index contributed by atoms with van der Waals surface area (Å²) >= 11 is 0. The third-order valence-electron chi connectivity index (χ3n) is 3.01. The largest absolute Gasteiger partial charge is 0.326 e. The van der Waals surface area contributed by atoms with Crippen LogP contribution in [0.4, 0.5) is 0 Å². The Hall–Kier alpha value is -0.980. The molecule has 102 valence electrons. The second kappa shape index (κ2) is 5.77. The first kappa shape index (κ1) is 15.1. The number of hydrogen-bond acceptors (Lipinski definition) is 4. The Morgan fingerprint density at radius 2 is 2.06 bits per heavy atom. The molecule has 3 N–H and O–H groups in total. The number of aromatic nitrogens is 1. The van der Waals surface area contributed by atoms with Crippen molar-refractivity contribution >= 4 is 10.0 Å². The molecule has 0 saturated heterocycles. The summed E-state index contributed by atoms with van der Waals surface area (Å²) in [6.45, 7) is 6.80. The third-order valence-corrected chi connectivity index (χ3v) is 4.32. The summed E-state index contributed by atoms with van der Waals surface area (Å²) in [5.41, 5.74) is 6.18. The number of nitrogens with one attached hydrogen (secondary N) is 1. The zero-order valence-corrected chi connectivity index (χ0v) is 11.9. The molecule has 1 aromatic heterocycles. The molecular weight excluding hydrogens is 250 g/mol. The fourth-order valence-electron chi connectivity index (χ4n) is 1.18. The Kier molecular flexibility index (Phi) is 4.84. The lowest BCUT2D eigenvalue weighted by atomic mass is 9.91. The third kappa shape index (κ3) is 4.04. The number of pyridine rings is 1. The predicted molar refractivity (Wildman–Crippen MR) is 71.4 cm³/mol. The van der Waals surface area contributed by atoms with Gasteiger partial charge in [0.15, 0.2) is 5.03 Å². The van der Waals surface area contributed by atoms with Gasteiger partial charge >= 0.3 is 0 Å². The Balaban J connectivity index is 2.80. The van der Waals surface area contributed by atoms with E-state index in [1.54, 1.807) is 6.07 Å². The van der Waals surface area contributed by atoms with Gasteiger partial charge < -0.3 is 5.73 Å². The molecule has 0 aromatic carbocycles.